The monoisotopic (exact) mass is 351 g/mol. The molecule has 20 heavy (non-hydrogen) atoms. The second kappa shape index (κ2) is 13.9. The molecular weight excluding hydrogens is 318 g/mol. The topological polar surface area (TPSA) is 40.1 Å². The predicted octanol–water partition coefficient (Wildman–Crippen LogP) is 3.31. The van der Waals surface area contributed by atoms with Crippen molar-refractivity contribution in [2.75, 3.05) is 27.2 Å². The molecule has 0 atom stereocenters. The molecule has 0 bridgehead atoms. The quantitative estimate of drug-likeness (QED) is 0.377. The summed E-state index contributed by atoms with van der Waals surface area (Å²) in [5.74, 6) is -0.947. The van der Waals surface area contributed by atoms with Crippen molar-refractivity contribution in [2.24, 2.45) is 0 Å². The first-order valence-electron chi connectivity index (χ1n) is 8.00. The Labute approximate surface area is 136 Å². The number of quaternary nitrogens is 1. The highest BCUT2D eigenvalue weighted by Gasteiger charge is 2.14. The second-order valence-electron chi connectivity index (χ2n) is 6.37. The van der Waals surface area contributed by atoms with Crippen LogP contribution < -0.4 is 5.11 Å². The van der Waals surface area contributed by atoms with E-state index in [0.717, 1.165) is 13.0 Å². The van der Waals surface area contributed by atoms with Crippen LogP contribution in [-0.4, -0.2) is 37.6 Å². The largest absolute Gasteiger partial charge is 0.544 e. The number of unbranched alkanes of at least 4 members (excludes halogenated alkanes) is 9. The lowest BCUT2D eigenvalue weighted by Gasteiger charge is -2.30. The summed E-state index contributed by atoms with van der Waals surface area (Å²) >= 11 is 0. The van der Waals surface area contributed by atoms with Gasteiger partial charge in [0.25, 0.3) is 0 Å². The number of nitrogens with zero attached hydrogens (tertiary/aromatic N) is 1. The highest BCUT2D eigenvalue weighted by Crippen LogP contribution is 2.11. The Hall–Kier alpha value is -0.0900. The fourth-order valence-electron chi connectivity index (χ4n) is 2.46. The van der Waals surface area contributed by atoms with Gasteiger partial charge in [0.15, 0.2) is 0 Å². The number of rotatable bonds is 13. The first-order valence-corrected chi connectivity index (χ1v) is 8.00. The third kappa shape index (κ3) is 16.0. The molecule has 0 aliphatic heterocycles. The molecule has 0 unspecified atom stereocenters. The van der Waals surface area contributed by atoms with Gasteiger partial charge in [-0.3, -0.25) is 0 Å². The minimum atomic E-state index is -0.947. The van der Waals surface area contributed by atoms with E-state index in [0.29, 0.717) is 4.48 Å². The SMILES string of the molecule is Br.CCCCCCCCCCCC[N+](C)(C)CC(=O)[O-]. The van der Waals surface area contributed by atoms with Gasteiger partial charge in [0, 0.05) is 0 Å². The molecule has 0 spiro atoms. The maximum absolute atomic E-state index is 10.6. The van der Waals surface area contributed by atoms with Gasteiger partial charge in [0.2, 0.25) is 0 Å². The van der Waals surface area contributed by atoms with Gasteiger partial charge in [-0.2, -0.15) is 0 Å². The zero-order valence-corrected chi connectivity index (χ0v) is 15.4. The molecule has 4 heteroatoms. The summed E-state index contributed by atoms with van der Waals surface area (Å²) in [5.41, 5.74) is 0. The summed E-state index contributed by atoms with van der Waals surface area (Å²) < 4.78 is 0.541. The third-order valence-corrected chi connectivity index (χ3v) is 3.67. The molecule has 0 saturated carbocycles. The van der Waals surface area contributed by atoms with Crippen LogP contribution >= 0.6 is 17.0 Å². The zero-order valence-electron chi connectivity index (χ0n) is 13.7. The molecule has 0 amide bonds. The number of carboxylic acids is 1. The van der Waals surface area contributed by atoms with Crippen molar-refractivity contribution in [2.45, 2.75) is 71.1 Å². The normalized spacial score (nSPS) is 11.2. The summed E-state index contributed by atoms with van der Waals surface area (Å²) in [6.45, 7) is 3.31. The van der Waals surface area contributed by atoms with Crippen LogP contribution in [-0.2, 0) is 4.79 Å². The summed E-state index contributed by atoms with van der Waals surface area (Å²) in [5, 5.41) is 10.6. The van der Waals surface area contributed by atoms with Crippen LogP contribution in [0.25, 0.3) is 0 Å². The van der Waals surface area contributed by atoms with Crippen LogP contribution in [0.4, 0.5) is 0 Å². The molecule has 3 nitrogen and oxygen atoms in total. The van der Waals surface area contributed by atoms with E-state index >= 15 is 0 Å². The zero-order chi connectivity index (χ0) is 14.6. The molecule has 0 heterocycles. The summed E-state index contributed by atoms with van der Waals surface area (Å²) in [7, 11) is 3.92. The number of carbonyl (C=O) groups is 1. The lowest BCUT2D eigenvalue weighted by Crippen LogP contribution is -2.48. The molecule has 0 N–H and O–H groups in total. The van der Waals surface area contributed by atoms with Gasteiger partial charge in [0.1, 0.15) is 6.54 Å². The first kappa shape index (κ1) is 22.2. The van der Waals surface area contributed by atoms with E-state index < -0.39 is 5.97 Å². The molecule has 0 aromatic carbocycles. The molecule has 0 aliphatic carbocycles. The van der Waals surface area contributed by atoms with Crippen molar-refractivity contribution >= 4 is 23.0 Å². The van der Waals surface area contributed by atoms with Gasteiger partial charge < -0.3 is 14.4 Å². The third-order valence-electron chi connectivity index (χ3n) is 3.67. The molecule has 0 aromatic heterocycles. The number of hydrogen-bond acceptors (Lipinski definition) is 2. The Morgan fingerprint density at radius 3 is 1.65 bits per heavy atom. The predicted molar refractivity (Wildman–Crippen MR) is 89.0 cm³/mol. The fourth-order valence-corrected chi connectivity index (χ4v) is 2.46. The lowest BCUT2D eigenvalue weighted by molar-refractivity contribution is -0.885. The van der Waals surface area contributed by atoms with Crippen LogP contribution in [0.2, 0.25) is 0 Å². The molecule has 0 aromatic rings. The number of carbonyl (C=O) groups excluding carboxylic acids is 1. The average Bonchev–Trinajstić information content (AvgIpc) is 2.30. The van der Waals surface area contributed by atoms with Gasteiger partial charge in [-0.05, 0) is 12.8 Å². The van der Waals surface area contributed by atoms with Crippen molar-refractivity contribution < 1.29 is 14.4 Å². The van der Waals surface area contributed by atoms with Gasteiger partial charge in [-0.15, -0.1) is 17.0 Å². The van der Waals surface area contributed by atoms with E-state index in [-0.39, 0.29) is 23.5 Å². The van der Waals surface area contributed by atoms with E-state index in [1.165, 1.54) is 57.8 Å². The van der Waals surface area contributed by atoms with Crippen LogP contribution in [0.3, 0.4) is 0 Å². The van der Waals surface area contributed by atoms with Crippen molar-refractivity contribution in [1.82, 2.24) is 0 Å². The highest BCUT2D eigenvalue weighted by molar-refractivity contribution is 8.93. The van der Waals surface area contributed by atoms with Crippen LogP contribution in [0.1, 0.15) is 71.1 Å². The molecule has 0 saturated heterocycles. The van der Waals surface area contributed by atoms with E-state index in [9.17, 15) is 9.90 Å². The van der Waals surface area contributed by atoms with E-state index in [1.54, 1.807) is 0 Å². The minimum Gasteiger partial charge on any atom is -0.544 e. The molecule has 122 valence electrons. The molecular formula is C16H34BrNO2. The van der Waals surface area contributed by atoms with Crippen LogP contribution in [0, 0.1) is 0 Å². The summed E-state index contributed by atoms with van der Waals surface area (Å²) in [6.07, 6.45) is 13.2. The van der Waals surface area contributed by atoms with Gasteiger partial charge >= 0.3 is 0 Å². The summed E-state index contributed by atoms with van der Waals surface area (Å²) in [4.78, 5) is 10.6. The van der Waals surface area contributed by atoms with Gasteiger partial charge in [-0.1, -0.05) is 58.3 Å². The average molecular weight is 352 g/mol. The van der Waals surface area contributed by atoms with Crippen molar-refractivity contribution in [3.05, 3.63) is 0 Å². The highest BCUT2D eigenvalue weighted by atomic mass is 79.9. The number of carboxylic acid groups (broad SMARTS) is 1. The summed E-state index contributed by atoms with van der Waals surface area (Å²) in [6, 6.07) is 0. The second-order valence-corrected chi connectivity index (χ2v) is 6.37. The Bertz CT molecular complexity index is 233. The van der Waals surface area contributed by atoms with E-state index in [2.05, 4.69) is 6.92 Å². The van der Waals surface area contributed by atoms with E-state index in [1.807, 2.05) is 14.1 Å². The van der Waals surface area contributed by atoms with Gasteiger partial charge in [-0.25, -0.2) is 0 Å². The number of hydrogen-bond donors (Lipinski definition) is 0. The van der Waals surface area contributed by atoms with Crippen LogP contribution in [0.15, 0.2) is 0 Å². The Morgan fingerprint density at radius 1 is 0.850 bits per heavy atom. The maximum Gasteiger partial charge on any atom is 0.119 e. The number of likely N-dealkylation sites (N-methyl/N-ethyl adjacent to an activating group) is 1. The van der Waals surface area contributed by atoms with Crippen LogP contribution in [0.5, 0.6) is 0 Å². The smallest absolute Gasteiger partial charge is 0.119 e. The molecule has 0 fully saturated rings. The minimum absolute atomic E-state index is 0. The molecule has 0 aliphatic rings. The molecule has 0 rings (SSSR count). The van der Waals surface area contributed by atoms with Crippen molar-refractivity contribution in [3.8, 4) is 0 Å². The van der Waals surface area contributed by atoms with Gasteiger partial charge in [0.05, 0.1) is 26.6 Å². The Kier molecular flexibility index (Phi) is 15.4. The standard InChI is InChI=1S/C16H33NO2.BrH/c1-4-5-6-7-8-9-10-11-12-13-14-17(2,3)15-16(18)19;/h4-15H2,1-3H3;1H. The van der Waals surface area contributed by atoms with Crippen molar-refractivity contribution in [3.63, 3.8) is 0 Å². The molecule has 0 radical (unpaired) electrons. The number of halogens is 1. The Morgan fingerprint density at radius 2 is 1.25 bits per heavy atom. The lowest BCUT2D eigenvalue weighted by atomic mass is 10.1. The fraction of sp³-hybridized carbons (Fsp3) is 0.938. The van der Waals surface area contributed by atoms with E-state index in [4.69, 9.17) is 0 Å². The Balaban J connectivity index is 0. The maximum atomic E-state index is 10.6. The number of aliphatic carboxylic acids is 1. The first-order chi connectivity index (χ1) is 8.98. The van der Waals surface area contributed by atoms with Crippen molar-refractivity contribution in [1.29, 1.82) is 0 Å².